The number of carbonyl (C=O) groups excluding carboxylic acids is 1. The number of carbonyl (C=O) groups is 1. The number of benzene rings is 1. The summed E-state index contributed by atoms with van der Waals surface area (Å²) in [6, 6.07) is 7.83. The van der Waals surface area contributed by atoms with Gasteiger partial charge in [-0.05, 0) is 18.2 Å². The van der Waals surface area contributed by atoms with Gasteiger partial charge in [-0.2, -0.15) is 0 Å². The predicted octanol–water partition coefficient (Wildman–Crippen LogP) is 1.33. The summed E-state index contributed by atoms with van der Waals surface area (Å²) in [5.74, 6) is -0.0127. The molecule has 0 spiro atoms. The van der Waals surface area contributed by atoms with Crippen LogP contribution in [0.15, 0.2) is 36.5 Å². The van der Waals surface area contributed by atoms with Crippen LogP contribution in [0.1, 0.15) is 0 Å². The monoisotopic (exact) mass is 402 g/mol. The Hall–Kier alpha value is -2.62. The van der Waals surface area contributed by atoms with Gasteiger partial charge in [0.05, 0.1) is 24.9 Å². The molecule has 1 N–H and O–H groups in total. The fourth-order valence-corrected chi connectivity index (χ4v) is 3.44. The minimum atomic E-state index is -0.319. The molecule has 0 unspecified atom stereocenters. The average Bonchev–Trinajstić information content (AvgIpc) is 3.29. The number of rotatable bonds is 6. The zero-order valence-electron chi connectivity index (χ0n) is 16.2. The van der Waals surface area contributed by atoms with Gasteiger partial charge in [0.25, 0.3) is 0 Å². The summed E-state index contributed by atoms with van der Waals surface area (Å²) >= 11 is 0. The number of hydrogen-bond acceptors (Lipinski definition) is 7. The molecule has 2 fully saturated rings. The Morgan fingerprint density at radius 3 is 2.90 bits per heavy atom. The normalized spacial score (nSPS) is 25.6. The maximum atomic E-state index is 13.5. The maximum Gasteiger partial charge on any atom is 0.248 e. The van der Waals surface area contributed by atoms with Gasteiger partial charge in [0, 0.05) is 25.9 Å². The first-order chi connectivity index (χ1) is 14.0. The topological polar surface area (TPSA) is 85.8 Å². The van der Waals surface area contributed by atoms with E-state index in [4.69, 9.17) is 14.2 Å². The van der Waals surface area contributed by atoms with E-state index in [-0.39, 0.29) is 42.7 Å². The van der Waals surface area contributed by atoms with Crippen LogP contribution in [-0.2, 0) is 19.0 Å². The zero-order valence-corrected chi connectivity index (χ0v) is 16.2. The smallest absolute Gasteiger partial charge is 0.248 e. The Labute approximate surface area is 168 Å². The Morgan fingerprint density at radius 2 is 2.10 bits per heavy atom. The second-order valence-electron chi connectivity index (χ2n) is 7.26. The number of aromatic nitrogens is 2. The number of likely N-dealkylation sites (N-methyl/N-ethyl adjacent to an activating group) is 1. The molecule has 3 heterocycles. The molecular formula is C20H23FN4O4. The Morgan fingerprint density at radius 1 is 1.28 bits per heavy atom. The molecule has 2 aromatic rings. The first kappa shape index (κ1) is 19.7. The van der Waals surface area contributed by atoms with Crippen LogP contribution in [0.4, 0.5) is 10.3 Å². The number of ether oxygens (including phenoxy) is 3. The van der Waals surface area contributed by atoms with E-state index in [0.29, 0.717) is 30.4 Å². The molecule has 2 aliphatic rings. The molecule has 4 rings (SSSR count). The van der Waals surface area contributed by atoms with Crippen LogP contribution in [0.2, 0.25) is 0 Å². The van der Waals surface area contributed by atoms with Gasteiger partial charge in [-0.15, -0.1) is 0 Å². The van der Waals surface area contributed by atoms with Crippen LogP contribution in [0, 0.1) is 5.82 Å². The van der Waals surface area contributed by atoms with Crippen LogP contribution < -0.4 is 5.32 Å². The van der Waals surface area contributed by atoms with Gasteiger partial charge in [0.2, 0.25) is 11.9 Å². The number of hydrogen-bond donors (Lipinski definition) is 1. The van der Waals surface area contributed by atoms with Gasteiger partial charge < -0.3 is 24.4 Å². The maximum absolute atomic E-state index is 13.5. The summed E-state index contributed by atoms with van der Waals surface area (Å²) in [5, 5.41) is 3.24. The Balaban J connectivity index is 1.39. The standard InChI is InChI=1S/C20H23FN4O4/c1-25(2)17(26)11-27-16-10-29-18-15(9-28-19(16)18)24-20-22-7-6-14(23-20)12-4-3-5-13(21)8-12/h3-8,15-16,18-19H,9-11H2,1-2H3,(H,22,23,24)/t15-,16-,18-,19+/m0/s1. The first-order valence-electron chi connectivity index (χ1n) is 9.42. The van der Waals surface area contributed by atoms with Crippen LogP contribution in [0.3, 0.4) is 0 Å². The number of halogens is 1. The van der Waals surface area contributed by atoms with E-state index in [9.17, 15) is 9.18 Å². The van der Waals surface area contributed by atoms with Crippen LogP contribution in [0.5, 0.6) is 0 Å². The number of nitrogens with zero attached hydrogens (tertiary/aromatic N) is 3. The number of nitrogens with one attached hydrogen (secondary N) is 1. The van der Waals surface area contributed by atoms with Crippen molar-refractivity contribution in [3.05, 3.63) is 42.3 Å². The van der Waals surface area contributed by atoms with Crippen molar-refractivity contribution in [2.45, 2.75) is 24.4 Å². The highest BCUT2D eigenvalue weighted by Gasteiger charge is 2.48. The molecule has 1 aromatic carbocycles. The van der Waals surface area contributed by atoms with E-state index in [1.54, 1.807) is 38.5 Å². The molecule has 0 saturated carbocycles. The highest BCUT2D eigenvalue weighted by atomic mass is 19.1. The fraction of sp³-hybridized carbons (Fsp3) is 0.450. The third kappa shape index (κ3) is 4.36. The SMILES string of the molecule is CN(C)C(=O)CO[C@H]1CO[C@@H]2[C@@H]1OC[C@@H]2Nc1nccc(-c2cccc(F)c2)n1. The van der Waals surface area contributed by atoms with E-state index in [1.807, 2.05) is 0 Å². The van der Waals surface area contributed by atoms with Crippen molar-refractivity contribution >= 4 is 11.9 Å². The second-order valence-corrected chi connectivity index (χ2v) is 7.26. The largest absolute Gasteiger partial charge is 0.370 e. The lowest BCUT2D eigenvalue weighted by Crippen LogP contribution is -2.38. The van der Waals surface area contributed by atoms with Crippen molar-refractivity contribution in [1.82, 2.24) is 14.9 Å². The molecule has 9 heteroatoms. The summed E-state index contributed by atoms with van der Waals surface area (Å²) in [6.45, 7) is 0.757. The Kier molecular flexibility index (Phi) is 5.70. The summed E-state index contributed by atoms with van der Waals surface area (Å²) in [4.78, 5) is 21.9. The minimum Gasteiger partial charge on any atom is -0.370 e. The highest BCUT2D eigenvalue weighted by molar-refractivity contribution is 5.76. The molecule has 0 bridgehead atoms. The third-order valence-electron chi connectivity index (χ3n) is 5.02. The lowest BCUT2D eigenvalue weighted by molar-refractivity contribution is -0.137. The molecule has 8 nitrogen and oxygen atoms in total. The van der Waals surface area contributed by atoms with E-state index < -0.39 is 0 Å². The van der Waals surface area contributed by atoms with Crippen LogP contribution in [-0.4, -0.2) is 79.0 Å². The van der Waals surface area contributed by atoms with E-state index in [1.165, 1.54) is 17.0 Å². The molecule has 1 amide bonds. The molecule has 2 saturated heterocycles. The zero-order chi connectivity index (χ0) is 20.4. The molecular weight excluding hydrogens is 379 g/mol. The second kappa shape index (κ2) is 8.40. The van der Waals surface area contributed by atoms with Crippen LogP contribution in [0.25, 0.3) is 11.3 Å². The third-order valence-corrected chi connectivity index (χ3v) is 5.02. The van der Waals surface area contributed by atoms with Crippen molar-refractivity contribution in [3.8, 4) is 11.3 Å². The average molecular weight is 402 g/mol. The lowest BCUT2D eigenvalue weighted by Gasteiger charge is -2.18. The molecule has 154 valence electrons. The van der Waals surface area contributed by atoms with Gasteiger partial charge in [0.1, 0.15) is 30.7 Å². The quantitative estimate of drug-likeness (QED) is 0.780. The van der Waals surface area contributed by atoms with E-state index in [2.05, 4.69) is 15.3 Å². The van der Waals surface area contributed by atoms with Crippen molar-refractivity contribution < 1.29 is 23.4 Å². The summed E-state index contributed by atoms with van der Waals surface area (Å²) < 4.78 is 30.9. The first-order valence-corrected chi connectivity index (χ1v) is 9.42. The molecule has 29 heavy (non-hydrogen) atoms. The summed E-state index contributed by atoms with van der Waals surface area (Å²) in [7, 11) is 3.37. The van der Waals surface area contributed by atoms with Gasteiger partial charge in [0.15, 0.2) is 0 Å². The summed E-state index contributed by atoms with van der Waals surface area (Å²) in [6.07, 6.45) is 0.844. The van der Waals surface area contributed by atoms with Gasteiger partial charge in [-0.3, -0.25) is 4.79 Å². The molecule has 1 aromatic heterocycles. The lowest BCUT2D eigenvalue weighted by atomic mass is 10.1. The van der Waals surface area contributed by atoms with Crippen molar-refractivity contribution in [3.63, 3.8) is 0 Å². The van der Waals surface area contributed by atoms with Crippen molar-refractivity contribution in [2.24, 2.45) is 0 Å². The number of fused-ring (bicyclic) bond motifs is 1. The number of anilines is 1. The highest BCUT2D eigenvalue weighted by Crippen LogP contribution is 2.30. The molecule has 0 radical (unpaired) electrons. The van der Waals surface area contributed by atoms with Gasteiger partial charge in [-0.25, -0.2) is 14.4 Å². The van der Waals surface area contributed by atoms with E-state index in [0.717, 1.165) is 0 Å². The van der Waals surface area contributed by atoms with Gasteiger partial charge in [-0.1, -0.05) is 12.1 Å². The minimum absolute atomic E-state index is 0.00943. The number of amides is 1. The molecule has 2 aliphatic heterocycles. The van der Waals surface area contributed by atoms with Crippen molar-refractivity contribution in [2.75, 3.05) is 39.2 Å². The summed E-state index contributed by atoms with van der Waals surface area (Å²) in [5.41, 5.74) is 1.29. The van der Waals surface area contributed by atoms with E-state index >= 15 is 0 Å². The van der Waals surface area contributed by atoms with Crippen molar-refractivity contribution in [1.29, 1.82) is 0 Å². The fourth-order valence-electron chi connectivity index (χ4n) is 3.44. The van der Waals surface area contributed by atoms with Crippen LogP contribution >= 0.6 is 0 Å². The molecule has 0 aliphatic carbocycles. The molecule has 4 atom stereocenters. The Bertz CT molecular complexity index is 881. The van der Waals surface area contributed by atoms with Gasteiger partial charge >= 0.3 is 0 Å². The predicted molar refractivity (Wildman–Crippen MR) is 103 cm³/mol.